The van der Waals surface area contributed by atoms with E-state index in [1.54, 1.807) is 7.11 Å². The number of nitrogens with zero attached hydrogens (tertiary/aromatic N) is 1. The lowest BCUT2D eigenvalue weighted by Gasteiger charge is -2.37. The van der Waals surface area contributed by atoms with Gasteiger partial charge in [0.2, 0.25) is 5.91 Å². The van der Waals surface area contributed by atoms with Gasteiger partial charge < -0.3 is 14.4 Å². The van der Waals surface area contributed by atoms with E-state index >= 15 is 0 Å². The molecule has 1 aromatic rings. The number of carbonyl (C=O) groups is 1. The van der Waals surface area contributed by atoms with Crippen LogP contribution in [0.5, 0.6) is 0 Å². The summed E-state index contributed by atoms with van der Waals surface area (Å²) < 4.78 is 11.2. The molecule has 0 radical (unpaired) electrons. The van der Waals surface area contributed by atoms with Crippen molar-refractivity contribution in [2.24, 2.45) is 5.92 Å². The Balaban J connectivity index is 1.65. The van der Waals surface area contributed by atoms with E-state index in [9.17, 15) is 4.79 Å². The molecule has 1 amide bonds. The SMILES string of the molecule is COC[C@H]1C[C@@H]2[C@@H](C1)OCCN2C(=O)Cc1ccc(C)cc1. The molecule has 1 aromatic carbocycles. The average molecular weight is 303 g/mol. The van der Waals surface area contributed by atoms with Crippen LogP contribution < -0.4 is 0 Å². The summed E-state index contributed by atoms with van der Waals surface area (Å²) in [5, 5.41) is 0. The first kappa shape index (κ1) is 15.5. The lowest BCUT2D eigenvalue weighted by molar-refractivity contribution is -0.143. The summed E-state index contributed by atoms with van der Waals surface area (Å²) in [6.07, 6.45) is 2.68. The van der Waals surface area contributed by atoms with Gasteiger partial charge in [0.1, 0.15) is 0 Å². The van der Waals surface area contributed by atoms with Crippen molar-refractivity contribution in [2.75, 3.05) is 26.9 Å². The maximum Gasteiger partial charge on any atom is 0.227 e. The molecule has 2 fully saturated rings. The molecule has 0 unspecified atom stereocenters. The predicted molar refractivity (Wildman–Crippen MR) is 84.7 cm³/mol. The highest BCUT2D eigenvalue weighted by molar-refractivity contribution is 5.79. The van der Waals surface area contributed by atoms with Gasteiger partial charge in [0.05, 0.1) is 25.2 Å². The third-order valence-electron chi connectivity index (χ3n) is 4.83. The molecule has 0 N–H and O–H groups in total. The number of aryl methyl sites for hydroxylation is 1. The fourth-order valence-corrected chi connectivity index (χ4v) is 3.71. The Morgan fingerprint density at radius 3 is 2.82 bits per heavy atom. The second-order valence-corrected chi connectivity index (χ2v) is 6.52. The number of fused-ring (bicyclic) bond motifs is 1. The minimum Gasteiger partial charge on any atom is -0.384 e. The lowest BCUT2D eigenvalue weighted by atomic mass is 10.1. The molecule has 0 spiro atoms. The largest absolute Gasteiger partial charge is 0.384 e. The zero-order chi connectivity index (χ0) is 15.5. The van der Waals surface area contributed by atoms with Gasteiger partial charge in [0.25, 0.3) is 0 Å². The van der Waals surface area contributed by atoms with E-state index in [-0.39, 0.29) is 18.1 Å². The number of hydrogen-bond acceptors (Lipinski definition) is 3. The van der Waals surface area contributed by atoms with Gasteiger partial charge in [-0.1, -0.05) is 29.8 Å². The second kappa shape index (κ2) is 6.80. The highest BCUT2D eigenvalue weighted by Crippen LogP contribution is 2.34. The van der Waals surface area contributed by atoms with Crippen LogP contribution in [0.3, 0.4) is 0 Å². The smallest absolute Gasteiger partial charge is 0.227 e. The van der Waals surface area contributed by atoms with Crippen LogP contribution in [0.4, 0.5) is 0 Å². The summed E-state index contributed by atoms with van der Waals surface area (Å²) in [4.78, 5) is 14.7. The fraction of sp³-hybridized carbons (Fsp3) is 0.611. The number of amides is 1. The van der Waals surface area contributed by atoms with E-state index in [4.69, 9.17) is 9.47 Å². The highest BCUT2D eigenvalue weighted by atomic mass is 16.5. The zero-order valence-electron chi connectivity index (χ0n) is 13.5. The monoisotopic (exact) mass is 303 g/mol. The van der Waals surface area contributed by atoms with Gasteiger partial charge >= 0.3 is 0 Å². The number of morpholine rings is 1. The molecule has 1 saturated carbocycles. The number of ether oxygens (including phenoxy) is 2. The summed E-state index contributed by atoms with van der Waals surface area (Å²) in [5.74, 6) is 0.730. The van der Waals surface area contributed by atoms with E-state index in [1.807, 2.05) is 17.0 Å². The van der Waals surface area contributed by atoms with Crippen LogP contribution in [0.15, 0.2) is 24.3 Å². The molecule has 0 aromatic heterocycles. The van der Waals surface area contributed by atoms with E-state index in [1.165, 1.54) is 5.56 Å². The standard InChI is InChI=1S/C18H25NO3/c1-13-3-5-14(6-4-13)11-18(20)19-7-8-22-17-10-15(12-21-2)9-16(17)19/h3-6,15-17H,7-12H2,1-2H3/t15-,16+,17+/m0/s1. The van der Waals surface area contributed by atoms with Crippen LogP contribution in [0.25, 0.3) is 0 Å². The zero-order valence-corrected chi connectivity index (χ0v) is 13.5. The summed E-state index contributed by atoms with van der Waals surface area (Å²) >= 11 is 0. The molecule has 22 heavy (non-hydrogen) atoms. The van der Waals surface area contributed by atoms with Crippen LogP contribution in [-0.4, -0.2) is 49.8 Å². The fourth-order valence-electron chi connectivity index (χ4n) is 3.71. The van der Waals surface area contributed by atoms with E-state index in [0.717, 1.165) is 25.0 Å². The molecule has 0 bridgehead atoms. The number of rotatable bonds is 4. The van der Waals surface area contributed by atoms with Crippen molar-refractivity contribution in [2.45, 2.75) is 38.3 Å². The molecule has 1 heterocycles. The third kappa shape index (κ3) is 3.33. The first-order valence-electron chi connectivity index (χ1n) is 8.13. The Labute approximate surface area is 132 Å². The van der Waals surface area contributed by atoms with E-state index in [0.29, 0.717) is 25.5 Å². The van der Waals surface area contributed by atoms with Crippen LogP contribution in [0.2, 0.25) is 0 Å². The summed E-state index contributed by atoms with van der Waals surface area (Å²) in [5.41, 5.74) is 2.31. The normalized spacial score (nSPS) is 27.7. The Morgan fingerprint density at radius 2 is 2.09 bits per heavy atom. The molecule has 4 heteroatoms. The number of methoxy groups -OCH3 is 1. The molecular weight excluding hydrogens is 278 g/mol. The van der Waals surface area contributed by atoms with Crippen molar-refractivity contribution in [1.29, 1.82) is 0 Å². The van der Waals surface area contributed by atoms with Gasteiger partial charge in [-0.25, -0.2) is 0 Å². The molecule has 1 aliphatic carbocycles. The van der Waals surface area contributed by atoms with Crippen LogP contribution in [-0.2, 0) is 20.7 Å². The van der Waals surface area contributed by atoms with Crippen LogP contribution in [0.1, 0.15) is 24.0 Å². The van der Waals surface area contributed by atoms with Gasteiger partial charge in [-0.3, -0.25) is 4.79 Å². The van der Waals surface area contributed by atoms with Gasteiger partial charge in [0, 0.05) is 20.3 Å². The van der Waals surface area contributed by atoms with E-state index in [2.05, 4.69) is 19.1 Å². The van der Waals surface area contributed by atoms with Gasteiger partial charge in [-0.15, -0.1) is 0 Å². The molecule has 3 atom stereocenters. The highest BCUT2D eigenvalue weighted by Gasteiger charge is 2.42. The molecule has 3 rings (SSSR count). The minimum absolute atomic E-state index is 0.191. The van der Waals surface area contributed by atoms with E-state index < -0.39 is 0 Å². The first-order valence-corrected chi connectivity index (χ1v) is 8.13. The average Bonchev–Trinajstić information content (AvgIpc) is 2.92. The topological polar surface area (TPSA) is 38.8 Å². The molecule has 1 aliphatic heterocycles. The maximum absolute atomic E-state index is 12.7. The molecular formula is C18H25NO3. The molecule has 1 saturated heterocycles. The van der Waals surface area contributed by atoms with Gasteiger partial charge in [-0.05, 0) is 31.2 Å². The third-order valence-corrected chi connectivity index (χ3v) is 4.83. The number of hydrogen-bond donors (Lipinski definition) is 0. The first-order chi connectivity index (χ1) is 10.7. The minimum atomic E-state index is 0.191. The summed E-state index contributed by atoms with van der Waals surface area (Å²) in [6.45, 7) is 4.19. The maximum atomic E-state index is 12.7. The van der Waals surface area contributed by atoms with Gasteiger partial charge in [0.15, 0.2) is 0 Å². The summed E-state index contributed by atoms with van der Waals surface area (Å²) in [7, 11) is 1.74. The lowest BCUT2D eigenvalue weighted by Crippen LogP contribution is -2.51. The molecule has 120 valence electrons. The Hall–Kier alpha value is -1.39. The molecule has 2 aliphatic rings. The van der Waals surface area contributed by atoms with Crippen molar-refractivity contribution in [3.8, 4) is 0 Å². The Morgan fingerprint density at radius 1 is 1.32 bits per heavy atom. The van der Waals surface area contributed by atoms with Gasteiger partial charge in [-0.2, -0.15) is 0 Å². The van der Waals surface area contributed by atoms with Crippen molar-refractivity contribution < 1.29 is 14.3 Å². The predicted octanol–water partition coefficient (Wildman–Crippen LogP) is 2.19. The van der Waals surface area contributed by atoms with Crippen molar-refractivity contribution in [1.82, 2.24) is 4.90 Å². The van der Waals surface area contributed by atoms with Crippen molar-refractivity contribution in [3.05, 3.63) is 35.4 Å². The summed E-state index contributed by atoms with van der Waals surface area (Å²) in [6, 6.07) is 8.46. The van der Waals surface area contributed by atoms with Crippen LogP contribution in [0, 0.1) is 12.8 Å². The second-order valence-electron chi connectivity index (χ2n) is 6.52. The van der Waals surface area contributed by atoms with Crippen molar-refractivity contribution in [3.63, 3.8) is 0 Å². The Kier molecular flexibility index (Phi) is 4.79. The van der Waals surface area contributed by atoms with Crippen LogP contribution >= 0.6 is 0 Å². The number of benzene rings is 1. The molecule has 4 nitrogen and oxygen atoms in total. The Bertz CT molecular complexity index is 514. The quantitative estimate of drug-likeness (QED) is 0.856. The number of carbonyl (C=O) groups excluding carboxylic acids is 1. The van der Waals surface area contributed by atoms with Crippen molar-refractivity contribution >= 4 is 5.91 Å².